The molecule has 9 heteroatoms. The van der Waals surface area contributed by atoms with E-state index in [9.17, 15) is 19.2 Å². The molecule has 1 fully saturated rings. The SMILES string of the molecule is COC(=O)c1ccc(CN2C(=O)N/C(=C\c3c(OC(C)=O)ccc4ccccc34)C2=O)o1. The van der Waals surface area contributed by atoms with Gasteiger partial charge in [0.1, 0.15) is 17.2 Å². The topological polar surface area (TPSA) is 115 Å². The van der Waals surface area contributed by atoms with Crippen LogP contribution in [0, 0.1) is 0 Å². The largest absolute Gasteiger partial charge is 0.463 e. The quantitative estimate of drug-likeness (QED) is 0.284. The fourth-order valence-electron chi connectivity index (χ4n) is 3.36. The normalized spacial score (nSPS) is 14.7. The van der Waals surface area contributed by atoms with Gasteiger partial charge in [0, 0.05) is 12.5 Å². The molecule has 1 saturated heterocycles. The van der Waals surface area contributed by atoms with E-state index < -0.39 is 23.9 Å². The number of amides is 3. The zero-order chi connectivity index (χ0) is 22.8. The van der Waals surface area contributed by atoms with E-state index in [0.717, 1.165) is 15.7 Å². The molecule has 9 nitrogen and oxygen atoms in total. The van der Waals surface area contributed by atoms with E-state index in [2.05, 4.69) is 10.1 Å². The van der Waals surface area contributed by atoms with Gasteiger partial charge in [-0.2, -0.15) is 0 Å². The lowest BCUT2D eigenvalue weighted by molar-refractivity contribution is -0.131. The van der Waals surface area contributed by atoms with Crippen LogP contribution in [0.1, 0.15) is 28.8 Å². The summed E-state index contributed by atoms with van der Waals surface area (Å²) in [5, 5.41) is 4.15. The number of carbonyl (C=O) groups excluding carboxylic acids is 4. The average molecular weight is 434 g/mol. The first-order valence-corrected chi connectivity index (χ1v) is 9.59. The van der Waals surface area contributed by atoms with Crippen LogP contribution < -0.4 is 10.1 Å². The van der Waals surface area contributed by atoms with Crippen LogP contribution in [0.25, 0.3) is 16.8 Å². The van der Waals surface area contributed by atoms with Crippen molar-refractivity contribution in [3.05, 3.63) is 71.3 Å². The zero-order valence-electron chi connectivity index (χ0n) is 17.2. The van der Waals surface area contributed by atoms with Crippen molar-refractivity contribution in [1.82, 2.24) is 10.2 Å². The van der Waals surface area contributed by atoms with Crippen molar-refractivity contribution < 1.29 is 33.1 Å². The van der Waals surface area contributed by atoms with Gasteiger partial charge in [0.2, 0.25) is 5.76 Å². The van der Waals surface area contributed by atoms with Crippen molar-refractivity contribution in [3.63, 3.8) is 0 Å². The summed E-state index contributed by atoms with van der Waals surface area (Å²) in [5.74, 6) is -1.30. The molecule has 162 valence electrons. The van der Waals surface area contributed by atoms with E-state index in [1.54, 1.807) is 12.1 Å². The Morgan fingerprint density at radius 3 is 2.62 bits per heavy atom. The maximum absolute atomic E-state index is 12.9. The number of furan rings is 1. The highest BCUT2D eigenvalue weighted by Gasteiger charge is 2.34. The minimum Gasteiger partial charge on any atom is -0.463 e. The number of urea groups is 1. The third kappa shape index (κ3) is 3.95. The minimum absolute atomic E-state index is 0.0134. The van der Waals surface area contributed by atoms with Crippen molar-refractivity contribution in [1.29, 1.82) is 0 Å². The van der Waals surface area contributed by atoms with Crippen LogP contribution in [0.15, 0.2) is 58.6 Å². The number of hydrogen-bond donors (Lipinski definition) is 1. The van der Waals surface area contributed by atoms with Gasteiger partial charge in [-0.3, -0.25) is 14.5 Å². The number of nitrogens with zero attached hydrogens (tertiary/aromatic N) is 1. The lowest BCUT2D eigenvalue weighted by Crippen LogP contribution is -2.30. The predicted molar refractivity (Wildman–Crippen MR) is 112 cm³/mol. The second-order valence-corrected chi connectivity index (χ2v) is 6.93. The van der Waals surface area contributed by atoms with Crippen LogP contribution in [0.4, 0.5) is 4.79 Å². The summed E-state index contributed by atoms with van der Waals surface area (Å²) in [5.41, 5.74) is 0.495. The molecule has 1 aromatic heterocycles. The van der Waals surface area contributed by atoms with Crippen LogP contribution >= 0.6 is 0 Å². The highest BCUT2D eigenvalue weighted by molar-refractivity contribution is 6.14. The van der Waals surface area contributed by atoms with Crippen LogP contribution in [0.3, 0.4) is 0 Å². The highest BCUT2D eigenvalue weighted by Crippen LogP contribution is 2.31. The van der Waals surface area contributed by atoms with Gasteiger partial charge < -0.3 is 19.2 Å². The smallest absolute Gasteiger partial charge is 0.373 e. The Kier molecular flexibility index (Phi) is 5.46. The molecule has 32 heavy (non-hydrogen) atoms. The molecule has 0 saturated carbocycles. The van der Waals surface area contributed by atoms with Gasteiger partial charge in [0.05, 0.1) is 13.7 Å². The van der Waals surface area contributed by atoms with Gasteiger partial charge >= 0.3 is 18.0 Å². The molecule has 2 aromatic carbocycles. The van der Waals surface area contributed by atoms with Crippen LogP contribution in [0.5, 0.6) is 5.75 Å². The monoisotopic (exact) mass is 434 g/mol. The Balaban J connectivity index is 1.67. The lowest BCUT2D eigenvalue weighted by Gasteiger charge is -2.11. The molecule has 1 N–H and O–H groups in total. The second kappa shape index (κ2) is 8.38. The maximum atomic E-state index is 12.9. The van der Waals surface area contributed by atoms with Gasteiger partial charge in [-0.25, -0.2) is 9.59 Å². The Labute approximate surface area is 182 Å². The molecule has 3 amide bonds. The summed E-state index contributed by atoms with van der Waals surface area (Å²) in [6.45, 7) is 1.10. The minimum atomic E-state index is -0.664. The van der Waals surface area contributed by atoms with Gasteiger partial charge in [-0.05, 0) is 35.0 Å². The van der Waals surface area contributed by atoms with Crippen molar-refractivity contribution in [2.45, 2.75) is 13.5 Å². The number of nitrogens with one attached hydrogen (secondary N) is 1. The van der Waals surface area contributed by atoms with E-state index in [1.165, 1.54) is 32.2 Å². The first kappa shape index (κ1) is 20.9. The van der Waals surface area contributed by atoms with Crippen molar-refractivity contribution in [2.75, 3.05) is 7.11 Å². The predicted octanol–water partition coefficient (Wildman–Crippen LogP) is 3.24. The van der Waals surface area contributed by atoms with Crippen molar-refractivity contribution in [2.24, 2.45) is 0 Å². The maximum Gasteiger partial charge on any atom is 0.373 e. The first-order valence-electron chi connectivity index (χ1n) is 9.59. The standard InChI is InChI=1S/C23H18N2O7/c1-13(26)31-19-9-7-14-5-3-4-6-16(14)17(19)11-18-21(27)25(23(29)24-18)12-15-8-10-20(32-15)22(28)30-2/h3-11H,12H2,1-2H3,(H,24,29)/b18-11-. The van der Waals surface area contributed by atoms with Crippen LogP contribution in [-0.2, 0) is 20.9 Å². The van der Waals surface area contributed by atoms with Gasteiger partial charge in [0.25, 0.3) is 5.91 Å². The molecule has 0 spiro atoms. The molecule has 3 aromatic rings. The summed E-state index contributed by atoms with van der Waals surface area (Å²) >= 11 is 0. The van der Waals surface area contributed by atoms with E-state index in [4.69, 9.17) is 9.15 Å². The summed E-state index contributed by atoms with van der Waals surface area (Å²) < 4.78 is 15.2. The summed E-state index contributed by atoms with van der Waals surface area (Å²) in [7, 11) is 1.22. The Hall–Kier alpha value is -4.40. The molecule has 2 heterocycles. The second-order valence-electron chi connectivity index (χ2n) is 6.93. The highest BCUT2D eigenvalue weighted by atomic mass is 16.5. The van der Waals surface area contributed by atoms with Crippen LogP contribution in [0.2, 0.25) is 0 Å². The molecule has 0 aliphatic carbocycles. The summed E-state index contributed by atoms with van der Waals surface area (Å²) in [6.07, 6.45) is 1.48. The average Bonchev–Trinajstić information content (AvgIpc) is 3.35. The molecule has 0 bridgehead atoms. The number of fused-ring (bicyclic) bond motifs is 1. The fourth-order valence-corrected chi connectivity index (χ4v) is 3.36. The van der Waals surface area contributed by atoms with Crippen molar-refractivity contribution >= 4 is 40.7 Å². The third-order valence-electron chi connectivity index (χ3n) is 4.80. The third-order valence-corrected chi connectivity index (χ3v) is 4.80. The lowest BCUT2D eigenvalue weighted by atomic mass is 10.0. The van der Waals surface area contributed by atoms with E-state index in [-0.39, 0.29) is 29.5 Å². The Bertz CT molecular complexity index is 1290. The number of esters is 2. The molecule has 1 aliphatic rings. The number of methoxy groups -OCH3 is 1. The molecular weight excluding hydrogens is 416 g/mol. The molecule has 0 radical (unpaired) electrons. The molecule has 0 atom stereocenters. The molecule has 4 rings (SSSR count). The van der Waals surface area contributed by atoms with E-state index >= 15 is 0 Å². The van der Waals surface area contributed by atoms with Gasteiger partial charge in [0.15, 0.2) is 0 Å². The summed E-state index contributed by atoms with van der Waals surface area (Å²) in [6, 6.07) is 13.1. The van der Waals surface area contributed by atoms with Crippen molar-refractivity contribution in [3.8, 4) is 5.75 Å². The summed E-state index contributed by atoms with van der Waals surface area (Å²) in [4.78, 5) is 49.4. The first-order chi connectivity index (χ1) is 15.4. The number of imide groups is 1. The Morgan fingerprint density at radius 2 is 1.88 bits per heavy atom. The Morgan fingerprint density at radius 1 is 1.09 bits per heavy atom. The molecular formula is C23H18N2O7. The zero-order valence-corrected chi connectivity index (χ0v) is 17.2. The molecule has 1 aliphatic heterocycles. The number of ether oxygens (including phenoxy) is 2. The number of hydrogen-bond acceptors (Lipinski definition) is 7. The van der Waals surface area contributed by atoms with Crippen LogP contribution in [-0.4, -0.2) is 35.9 Å². The van der Waals surface area contributed by atoms with Gasteiger partial charge in [-0.1, -0.05) is 30.3 Å². The van der Waals surface area contributed by atoms with E-state index in [1.807, 2.05) is 24.3 Å². The number of carbonyl (C=O) groups is 4. The number of benzene rings is 2. The molecule has 0 unspecified atom stereocenters. The fraction of sp³-hybridized carbons (Fsp3) is 0.130. The van der Waals surface area contributed by atoms with Gasteiger partial charge in [-0.15, -0.1) is 0 Å². The van der Waals surface area contributed by atoms with E-state index in [0.29, 0.717) is 5.56 Å². The number of rotatable bonds is 5.